The van der Waals surface area contributed by atoms with Gasteiger partial charge in [0.1, 0.15) is 10.6 Å². The van der Waals surface area contributed by atoms with Crippen molar-refractivity contribution in [3.8, 4) is 11.4 Å². The quantitative estimate of drug-likeness (QED) is 0.436. The van der Waals surface area contributed by atoms with E-state index in [2.05, 4.69) is 5.10 Å². The molecule has 9 nitrogen and oxygen atoms in total. The summed E-state index contributed by atoms with van der Waals surface area (Å²) in [7, 11) is -4.35. The number of hydrogen-bond donors (Lipinski definition) is 1. The highest BCUT2D eigenvalue weighted by Crippen LogP contribution is 2.37. The number of para-hydroxylation sites is 1. The number of primary sulfonamides is 1. The van der Waals surface area contributed by atoms with Crippen molar-refractivity contribution in [1.82, 2.24) is 14.3 Å². The van der Waals surface area contributed by atoms with Gasteiger partial charge in [0.05, 0.1) is 5.69 Å². The van der Waals surface area contributed by atoms with Crippen LogP contribution in [0.3, 0.4) is 0 Å². The van der Waals surface area contributed by atoms with Crippen molar-refractivity contribution in [3.05, 3.63) is 100 Å². The smallest absolute Gasteiger partial charge is 0.307 e. The molecule has 0 fully saturated rings. The van der Waals surface area contributed by atoms with Gasteiger partial charge >= 0.3 is 6.18 Å². The molecule has 0 spiro atoms. The molecule has 1 amide bonds. The van der Waals surface area contributed by atoms with Crippen LogP contribution in [0.2, 0.25) is 0 Å². The van der Waals surface area contributed by atoms with Gasteiger partial charge in [-0.25, -0.2) is 18.2 Å². The molecular formula is C24H18F3N5O4S. The van der Waals surface area contributed by atoms with Crippen LogP contribution >= 0.6 is 0 Å². The zero-order valence-corrected chi connectivity index (χ0v) is 19.7. The van der Waals surface area contributed by atoms with Crippen molar-refractivity contribution in [3.63, 3.8) is 0 Å². The van der Waals surface area contributed by atoms with Crippen LogP contribution in [0.5, 0.6) is 0 Å². The van der Waals surface area contributed by atoms with E-state index in [1.165, 1.54) is 33.7 Å². The van der Waals surface area contributed by atoms with Gasteiger partial charge in [-0.2, -0.15) is 18.3 Å². The number of amides is 1. The standard InChI is InChI=1S/C24H18F3N5O4S/c25-24(26,27)22-17-12-14-31(16-10-8-15(9-11-16)30-13-4-3-7-20(30)33)23(34)21(17)32(29-22)18-5-1-2-6-19(18)37(28,35)36/h1-11,13H,12,14H2,(H2,28,35,36). The Morgan fingerprint density at radius 2 is 1.54 bits per heavy atom. The van der Waals surface area contributed by atoms with Crippen molar-refractivity contribution < 1.29 is 26.4 Å². The topological polar surface area (TPSA) is 120 Å². The molecule has 0 aliphatic carbocycles. The molecule has 3 heterocycles. The predicted molar refractivity (Wildman–Crippen MR) is 127 cm³/mol. The second kappa shape index (κ2) is 8.71. The number of carbonyl (C=O) groups excluding carboxylic acids is 1. The molecule has 5 rings (SSSR count). The minimum absolute atomic E-state index is 0.0674. The van der Waals surface area contributed by atoms with Gasteiger partial charge in [-0.1, -0.05) is 18.2 Å². The second-order valence-corrected chi connectivity index (χ2v) is 9.76. The molecule has 4 aromatic rings. The van der Waals surface area contributed by atoms with Crippen LogP contribution in [0.15, 0.2) is 82.6 Å². The van der Waals surface area contributed by atoms with Crippen LogP contribution in [0.4, 0.5) is 18.9 Å². The van der Waals surface area contributed by atoms with E-state index < -0.39 is 38.4 Å². The summed E-state index contributed by atoms with van der Waals surface area (Å²) in [5.41, 5.74) is -1.62. The van der Waals surface area contributed by atoms with Gasteiger partial charge in [0.15, 0.2) is 5.69 Å². The van der Waals surface area contributed by atoms with Crippen LogP contribution in [0.25, 0.3) is 11.4 Å². The molecule has 0 bridgehead atoms. The average Bonchev–Trinajstić information content (AvgIpc) is 3.26. The monoisotopic (exact) mass is 529 g/mol. The molecule has 0 saturated heterocycles. The highest BCUT2D eigenvalue weighted by Gasteiger charge is 2.43. The third-order valence-corrected chi connectivity index (χ3v) is 6.91. The lowest BCUT2D eigenvalue weighted by molar-refractivity contribution is -0.141. The number of anilines is 1. The zero-order valence-electron chi connectivity index (χ0n) is 18.9. The fraction of sp³-hybridized carbons (Fsp3) is 0.125. The fourth-order valence-electron chi connectivity index (χ4n) is 4.31. The summed E-state index contributed by atoms with van der Waals surface area (Å²) in [4.78, 5) is 26.5. The number of hydrogen-bond acceptors (Lipinski definition) is 5. The molecule has 0 saturated carbocycles. The summed E-state index contributed by atoms with van der Waals surface area (Å²) in [6.45, 7) is -0.0674. The van der Waals surface area contributed by atoms with Crippen molar-refractivity contribution in [2.24, 2.45) is 5.14 Å². The molecule has 0 atom stereocenters. The number of fused-ring (bicyclic) bond motifs is 1. The van der Waals surface area contributed by atoms with Gasteiger partial charge in [-0.3, -0.25) is 14.2 Å². The van der Waals surface area contributed by atoms with E-state index in [-0.39, 0.29) is 29.8 Å². The molecule has 2 aromatic heterocycles. The van der Waals surface area contributed by atoms with Crippen LogP contribution in [-0.4, -0.2) is 35.2 Å². The lowest BCUT2D eigenvalue weighted by Gasteiger charge is -2.28. The maximum Gasteiger partial charge on any atom is 0.435 e. The summed E-state index contributed by atoms with van der Waals surface area (Å²) >= 11 is 0. The SMILES string of the molecule is NS(=O)(=O)c1ccccc1-n1nc(C(F)(F)F)c2c1C(=O)N(c1ccc(-n3ccccc3=O)cc1)CC2. The zero-order chi connectivity index (χ0) is 26.5. The summed E-state index contributed by atoms with van der Waals surface area (Å²) in [5.74, 6) is -0.793. The maximum absolute atomic E-state index is 13.9. The van der Waals surface area contributed by atoms with Crippen molar-refractivity contribution in [1.29, 1.82) is 0 Å². The maximum atomic E-state index is 13.9. The first-order valence-corrected chi connectivity index (χ1v) is 12.4. The van der Waals surface area contributed by atoms with Crippen molar-refractivity contribution >= 4 is 21.6 Å². The van der Waals surface area contributed by atoms with Crippen molar-refractivity contribution in [2.45, 2.75) is 17.5 Å². The summed E-state index contributed by atoms with van der Waals surface area (Å²) < 4.78 is 67.9. The van der Waals surface area contributed by atoms with E-state index in [0.29, 0.717) is 16.1 Å². The van der Waals surface area contributed by atoms with E-state index in [9.17, 15) is 31.2 Å². The fourth-order valence-corrected chi connectivity index (χ4v) is 5.03. The van der Waals surface area contributed by atoms with Crippen LogP contribution in [-0.2, 0) is 22.6 Å². The summed E-state index contributed by atoms with van der Waals surface area (Å²) in [6.07, 6.45) is -3.47. The molecule has 1 aliphatic rings. The van der Waals surface area contributed by atoms with Gasteiger partial charge in [0, 0.05) is 35.7 Å². The Bertz CT molecular complexity index is 1690. The van der Waals surface area contributed by atoms with E-state index in [0.717, 1.165) is 6.07 Å². The number of rotatable bonds is 4. The average molecular weight is 530 g/mol. The number of aromatic nitrogens is 3. The first-order chi connectivity index (χ1) is 17.5. The highest BCUT2D eigenvalue weighted by atomic mass is 32.2. The van der Waals surface area contributed by atoms with E-state index in [1.54, 1.807) is 42.6 Å². The van der Waals surface area contributed by atoms with E-state index in [4.69, 9.17) is 5.14 Å². The third kappa shape index (κ3) is 4.32. The molecule has 1 aliphatic heterocycles. The van der Waals surface area contributed by atoms with Gasteiger partial charge in [0.2, 0.25) is 10.0 Å². The van der Waals surface area contributed by atoms with Gasteiger partial charge in [-0.15, -0.1) is 0 Å². The predicted octanol–water partition coefficient (Wildman–Crippen LogP) is 2.89. The molecule has 0 radical (unpaired) electrons. The van der Waals surface area contributed by atoms with Crippen LogP contribution < -0.4 is 15.6 Å². The number of nitrogens with two attached hydrogens (primary N) is 1. The number of halogens is 3. The highest BCUT2D eigenvalue weighted by molar-refractivity contribution is 7.89. The van der Waals surface area contributed by atoms with E-state index >= 15 is 0 Å². The Morgan fingerprint density at radius 1 is 0.892 bits per heavy atom. The molecule has 2 aromatic carbocycles. The molecule has 2 N–H and O–H groups in total. The second-order valence-electron chi connectivity index (χ2n) is 8.23. The lowest BCUT2D eigenvalue weighted by atomic mass is 10.0. The Morgan fingerprint density at radius 3 is 2.19 bits per heavy atom. The lowest BCUT2D eigenvalue weighted by Crippen LogP contribution is -2.39. The number of pyridine rings is 1. The molecule has 13 heteroatoms. The van der Waals surface area contributed by atoms with Gasteiger partial charge < -0.3 is 4.90 Å². The Kier molecular flexibility index (Phi) is 5.76. The normalized spacial score (nSPS) is 14.1. The Labute approximate surface area is 208 Å². The van der Waals surface area contributed by atoms with Crippen molar-refractivity contribution in [2.75, 3.05) is 11.4 Å². The number of alkyl halides is 3. The van der Waals surface area contributed by atoms with Crippen LogP contribution in [0, 0.1) is 0 Å². The molecule has 37 heavy (non-hydrogen) atoms. The Hall–Kier alpha value is -4.23. The van der Waals surface area contributed by atoms with Gasteiger partial charge in [-0.05, 0) is 48.9 Å². The molecule has 0 unspecified atom stereocenters. The number of benzene rings is 2. The van der Waals surface area contributed by atoms with Crippen LogP contribution in [0.1, 0.15) is 21.7 Å². The Balaban J connectivity index is 1.62. The van der Waals surface area contributed by atoms with E-state index in [1.807, 2.05) is 0 Å². The first-order valence-electron chi connectivity index (χ1n) is 10.9. The summed E-state index contributed by atoms with van der Waals surface area (Å²) in [6, 6.07) is 16.1. The molecular weight excluding hydrogens is 511 g/mol. The first kappa shape index (κ1) is 24.5. The summed E-state index contributed by atoms with van der Waals surface area (Å²) in [5, 5.41) is 8.91. The van der Waals surface area contributed by atoms with Gasteiger partial charge in [0.25, 0.3) is 11.5 Å². The number of sulfonamides is 1. The largest absolute Gasteiger partial charge is 0.435 e. The third-order valence-electron chi connectivity index (χ3n) is 5.95. The minimum Gasteiger partial charge on any atom is -0.307 e. The minimum atomic E-state index is -4.88. The molecule has 190 valence electrons. The number of nitrogens with zero attached hydrogens (tertiary/aromatic N) is 4. The number of carbonyl (C=O) groups is 1.